The molecule has 1 aliphatic heterocycles. The van der Waals surface area contributed by atoms with Crippen molar-refractivity contribution >= 4 is 21.8 Å². The number of piperazine rings is 1. The molecule has 8 nitrogen and oxygen atoms in total. The number of hydrogen-bond acceptors (Lipinski definition) is 5. The first-order valence-electron chi connectivity index (χ1n) is 9.57. The van der Waals surface area contributed by atoms with Crippen LogP contribution in [0.2, 0.25) is 0 Å². The first kappa shape index (κ1) is 21.1. The minimum atomic E-state index is -3.49. The Kier molecular flexibility index (Phi) is 7.05. The van der Waals surface area contributed by atoms with Crippen molar-refractivity contribution in [1.82, 2.24) is 14.5 Å². The third-order valence-electron chi connectivity index (χ3n) is 4.82. The number of benzene rings is 1. The van der Waals surface area contributed by atoms with E-state index in [1.807, 2.05) is 30.3 Å². The molecule has 9 heteroatoms. The molecule has 1 aromatic carbocycles. The Morgan fingerprint density at radius 3 is 2.38 bits per heavy atom. The Hall–Kier alpha value is -2.65. The molecule has 29 heavy (non-hydrogen) atoms. The molecule has 2 amide bonds. The van der Waals surface area contributed by atoms with E-state index in [2.05, 4.69) is 5.32 Å². The molecule has 1 aromatic heterocycles. The maximum absolute atomic E-state index is 12.5. The lowest BCUT2D eigenvalue weighted by Gasteiger charge is -2.33. The van der Waals surface area contributed by atoms with E-state index in [0.29, 0.717) is 25.9 Å². The van der Waals surface area contributed by atoms with Crippen molar-refractivity contribution in [2.45, 2.75) is 12.8 Å². The van der Waals surface area contributed by atoms with Gasteiger partial charge in [0.1, 0.15) is 0 Å². The zero-order valence-corrected chi connectivity index (χ0v) is 16.9. The van der Waals surface area contributed by atoms with Gasteiger partial charge in [-0.3, -0.25) is 9.59 Å². The van der Waals surface area contributed by atoms with Crippen LogP contribution in [0.3, 0.4) is 0 Å². The van der Waals surface area contributed by atoms with Crippen molar-refractivity contribution in [3.05, 3.63) is 60.1 Å². The summed E-state index contributed by atoms with van der Waals surface area (Å²) in [7, 11) is -3.49. The summed E-state index contributed by atoms with van der Waals surface area (Å²) in [5.41, 5.74) is 1.07. The van der Waals surface area contributed by atoms with Crippen LogP contribution in [0.25, 0.3) is 0 Å². The van der Waals surface area contributed by atoms with Gasteiger partial charge in [0, 0.05) is 39.1 Å². The van der Waals surface area contributed by atoms with Crippen LogP contribution in [0.5, 0.6) is 0 Å². The van der Waals surface area contributed by atoms with Crippen LogP contribution >= 0.6 is 0 Å². The molecule has 1 aliphatic rings. The van der Waals surface area contributed by atoms with Crippen molar-refractivity contribution < 1.29 is 22.4 Å². The Labute approximate surface area is 170 Å². The molecule has 2 aromatic rings. The number of amides is 2. The van der Waals surface area contributed by atoms with Crippen LogP contribution in [0.4, 0.5) is 0 Å². The van der Waals surface area contributed by atoms with Crippen molar-refractivity contribution in [3.8, 4) is 0 Å². The van der Waals surface area contributed by atoms with E-state index in [-0.39, 0.29) is 43.0 Å². The Morgan fingerprint density at radius 2 is 1.72 bits per heavy atom. The summed E-state index contributed by atoms with van der Waals surface area (Å²) in [6.45, 7) is 1.15. The highest BCUT2D eigenvalue weighted by Crippen LogP contribution is 2.12. The summed E-state index contributed by atoms with van der Waals surface area (Å²) in [5.74, 6) is -0.314. The highest BCUT2D eigenvalue weighted by atomic mass is 32.2. The van der Waals surface area contributed by atoms with Gasteiger partial charge in [-0.15, -0.1) is 0 Å². The van der Waals surface area contributed by atoms with Gasteiger partial charge in [0.25, 0.3) is 5.91 Å². The fourth-order valence-corrected chi connectivity index (χ4v) is 4.50. The van der Waals surface area contributed by atoms with Crippen molar-refractivity contribution in [2.24, 2.45) is 0 Å². The van der Waals surface area contributed by atoms with E-state index >= 15 is 0 Å². The SMILES string of the molecule is O=C(CCc1ccccc1)NCCS(=O)(=O)N1CCN(C(=O)c2ccco2)CC1. The van der Waals surface area contributed by atoms with Crippen LogP contribution in [-0.4, -0.2) is 67.9 Å². The van der Waals surface area contributed by atoms with E-state index < -0.39 is 10.0 Å². The fourth-order valence-electron chi connectivity index (χ4n) is 3.16. The van der Waals surface area contributed by atoms with Gasteiger partial charge in [-0.05, 0) is 24.1 Å². The minimum Gasteiger partial charge on any atom is -0.459 e. The minimum absolute atomic E-state index is 0.0709. The Bertz CT molecular complexity index is 905. The predicted molar refractivity (Wildman–Crippen MR) is 108 cm³/mol. The standard InChI is InChI=1S/C20H25N3O5S/c24-19(9-8-17-5-2-1-3-6-17)21-10-16-29(26,27)23-13-11-22(12-14-23)20(25)18-7-4-15-28-18/h1-7,15H,8-14,16H2,(H,21,24). The summed E-state index contributed by atoms with van der Waals surface area (Å²) >= 11 is 0. The van der Waals surface area contributed by atoms with Gasteiger partial charge >= 0.3 is 0 Å². The van der Waals surface area contributed by atoms with Crippen molar-refractivity contribution in [3.63, 3.8) is 0 Å². The first-order chi connectivity index (χ1) is 14.0. The topological polar surface area (TPSA) is 99.9 Å². The lowest BCUT2D eigenvalue weighted by atomic mass is 10.1. The average Bonchev–Trinajstić information content (AvgIpc) is 3.27. The molecular formula is C20H25N3O5S. The molecule has 0 spiro atoms. The largest absolute Gasteiger partial charge is 0.459 e. The molecule has 0 aliphatic carbocycles. The van der Waals surface area contributed by atoms with Gasteiger partial charge in [0.15, 0.2) is 5.76 Å². The van der Waals surface area contributed by atoms with Crippen LogP contribution in [0.15, 0.2) is 53.1 Å². The smallest absolute Gasteiger partial charge is 0.289 e. The summed E-state index contributed by atoms with van der Waals surface area (Å²) in [5, 5.41) is 2.67. The third kappa shape index (κ3) is 5.91. The molecule has 1 saturated heterocycles. The highest BCUT2D eigenvalue weighted by Gasteiger charge is 2.29. The number of furan rings is 1. The summed E-state index contributed by atoms with van der Waals surface area (Å²) < 4.78 is 31.5. The number of nitrogens with one attached hydrogen (secondary N) is 1. The number of carbonyl (C=O) groups is 2. The normalized spacial score (nSPS) is 15.2. The predicted octanol–water partition coefficient (Wildman–Crippen LogP) is 1.12. The van der Waals surface area contributed by atoms with Crippen LogP contribution in [0.1, 0.15) is 22.5 Å². The van der Waals surface area contributed by atoms with E-state index in [9.17, 15) is 18.0 Å². The second-order valence-corrected chi connectivity index (χ2v) is 8.91. The quantitative estimate of drug-likeness (QED) is 0.691. The van der Waals surface area contributed by atoms with Gasteiger partial charge < -0.3 is 14.6 Å². The molecule has 156 valence electrons. The molecule has 3 rings (SSSR count). The fraction of sp³-hybridized carbons (Fsp3) is 0.400. The highest BCUT2D eigenvalue weighted by molar-refractivity contribution is 7.89. The zero-order valence-electron chi connectivity index (χ0n) is 16.1. The molecule has 0 saturated carbocycles. The van der Waals surface area contributed by atoms with E-state index in [1.165, 1.54) is 10.6 Å². The van der Waals surface area contributed by atoms with Crippen LogP contribution in [0, 0.1) is 0 Å². The van der Waals surface area contributed by atoms with Gasteiger partial charge in [-0.1, -0.05) is 30.3 Å². The number of rotatable bonds is 8. The maximum Gasteiger partial charge on any atom is 0.289 e. The number of nitrogens with zero attached hydrogens (tertiary/aromatic N) is 2. The first-order valence-corrected chi connectivity index (χ1v) is 11.2. The second-order valence-electron chi connectivity index (χ2n) is 6.82. The summed E-state index contributed by atoms with van der Waals surface area (Å²) in [6.07, 6.45) is 2.37. The average molecular weight is 420 g/mol. The molecular weight excluding hydrogens is 394 g/mol. The maximum atomic E-state index is 12.5. The summed E-state index contributed by atoms with van der Waals surface area (Å²) in [4.78, 5) is 25.8. The molecule has 1 fully saturated rings. The number of aryl methyl sites for hydroxylation is 1. The third-order valence-corrected chi connectivity index (χ3v) is 6.69. The molecule has 0 atom stereocenters. The molecule has 1 N–H and O–H groups in total. The molecule has 0 bridgehead atoms. The monoisotopic (exact) mass is 419 g/mol. The molecule has 0 radical (unpaired) electrons. The summed E-state index contributed by atoms with van der Waals surface area (Å²) in [6, 6.07) is 12.9. The second kappa shape index (κ2) is 9.71. The Balaban J connectivity index is 1.38. The number of carbonyl (C=O) groups excluding carboxylic acids is 2. The van der Waals surface area contributed by atoms with Gasteiger partial charge in [0.05, 0.1) is 12.0 Å². The number of sulfonamides is 1. The van der Waals surface area contributed by atoms with Crippen molar-refractivity contribution in [1.29, 1.82) is 0 Å². The van der Waals surface area contributed by atoms with Gasteiger partial charge in [0.2, 0.25) is 15.9 Å². The van der Waals surface area contributed by atoms with Crippen LogP contribution in [-0.2, 0) is 21.2 Å². The van der Waals surface area contributed by atoms with Gasteiger partial charge in [-0.2, -0.15) is 4.31 Å². The molecule has 0 unspecified atom stereocenters. The lowest BCUT2D eigenvalue weighted by Crippen LogP contribution is -2.51. The van der Waals surface area contributed by atoms with E-state index in [1.54, 1.807) is 17.0 Å². The molecule has 2 heterocycles. The Morgan fingerprint density at radius 1 is 1.00 bits per heavy atom. The van der Waals surface area contributed by atoms with Gasteiger partial charge in [-0.25, -0.2) is 8.42 Å². The van der Waals surface area contributed by atoms with Crippen LogP contribution < -0.4 is 5.32 Å². The van der Waals surface area contributed by atoms with E-state index in [4.69, 9.17) is 4.42 Å². The lowest BCUT2D eigenvalue weighted by molar-refractivity contribution is -0.120. The van der Waals surface area contributed by atoms with E-state index in [0.717, 1.165) is 5.56 Å². The van der Waals surface area contributed by atoms with Crippen molar-refractivity contribution in [2.75, 3.05) is 38.5 Å². The number of hydrogen-bond donors (Lipinski definition) is 1. The zero-order chi connectivity index (χ0) is 20.7.